The van der Waals surface area contributed by atoms with Crippen LogP contribution in [-0.4, -0.2) is 18.7 Å². The summed E-state index contributed by atoms with van der Waals surface area (Å²) >= 11 is 4.19. The smallest absolute Gasteiger partial charge is 0.493 e. The highest BCUT2D eigenvalue weighted by atomic mass is 32.1. The molecule has 0 unspecified atom stereocenters. The molecule has 18 heavy (non-hydrogen) atoms. The molecule has 0 saturated heterocycles. The van der Waals surface area contributed by atoms with Crippen molar-refractivity contribution in [3.05, 3.63) is 24.3 Å². The number of rotatable bonds is 5. The Balaban J connectivity index is 2.56. The zero-order valence-corrected chi connectivity index (χ0v) is 11.0. The first-order chi connectivity index (χ1) is 8.22. The van der Waals surface area contributed by atoms with Crippen LogP contribution in [0, 0.1) is 5.41 Å². The lowest BCUT2D eigenvalue weighted by atomic mass is 9.98. The van der Waals surface area contributed by atoms with Gasteiger partial charge in [0.05, 0.1) is 6.61 Å². The van der Waals surface area contributed by atoms with Gasteiger partial charge < -0.3 is 9.47 Å². The lowest BCUT2D eigenvalue weighted by Gasteiger charge is -2.22. The van der Waals surface area contributed by atoms with Crippen LogP contribution in [0.3, 0.4) is 0 Å². The molecule has 0 bridgehead atoms. The fourth-order valence-electron chi connectivity index (χ4n) is 1.06. The van der Waals surface area contributed by atoms with Crippen LogP contribution in [0.15, 0.2) is 24.3 Å². The van der Waals surface area contributed by atoms with Gasteiger partial charge in [-0.05, 0) is 30.0 Å². The van der Waals surface area contributed by atoms with E-state index in [4.69, 9.17) is 4.74 Å². The second kappa shape index (κ2) is 5.73. The van der Waals surface area contributed by atoms with Crippen LogP contribution in [0.4, 0.5) is 13.2 Å². The molecule has 0 radical (unpaired) electrons. The van der Waals surface area contributed by atoms with Gasteiger partial charge in [-0.1, -0.05) is 13.8 Å². The molecule has 0 fully saturated rings. The maximum Gasteiger partial charge on any atom is 0.573 e. The van der Waals surface area contributed by atoms with Crippen LogP contribution in [0.1, 0.15) is 13.8 Å². The molecule has 0 aromatic heterocycles. The molecule has 2 nitrogen and oxygen atoms in total. The summed E-state index contributed by atoms with van der Waals surface area (Å²) in [5, 5.41) is 0. The van der Waals surface area contributed by atoms with Gasteiger partial charge in [0.2, 0.25) is 0 Å². The van der Waals surface area contributed by atoms with Gasteiger partial charge in [-0.25, -0.2) is 0 Å². The Hall–Kier alpha value is -1.04. The van der Waals surface area contributed by atoms with Crippen LogP contribution < -0.4 is 9.47 Å². The van der Waals surface area contributed by atoms with E-state index in [9.17, 15) is 13.2 Å². The van der Waals surface area contributed by atoms with E-state index in [1.54, 1.807) is 0 Å². The van der Waals surface area contributed by atoms with Crippen molar-refractivity contribution >= 4 is 12.6 Å². The molecule has 1 aromatic rings. The van der Waals surface area contributed by atoms with Gasteiger partial charge >= 0.3 is 6.36 Å². The minimum Gasteiger partial charge on any atom is -0.493 e. The fraction of sp³-hybridized carbons (Fsp3) is 0.500. The lowest BCUT2D eigenvalue weighted by Crippen LogP contribution is -2.23. The van der Waals surface area contributed by atoms with Crippen LogP contribution in [0.2, 0.25) is 0 Å². The summed E-state index contributed by atoms with van der Waals surface area (Å²) in [6.07, 6.45) is -4.67. The minimum atomic E-state index is -4.67. The fourth-order valence-corrected chi connectivity index (χ4v) is 1.15. The van der Waals surface area contributed by atoms with Gasteiger partial charge in [-0.3, -0.25) is 0 Å². The quantitative estimate of drug-likeness (QED) is 0.824. The van der Waals surface area contributed by atoms with Gasteiger partial charge in [-0.2, -0.15) is 12.6 Å². The van der Waals surface area contributed by atoms with Crippen molar-refractivity contribution in [3.63, 3.8) is 0 Å². The monoisotopic (exact) mass is 280 g/mol. The summed E-state index contributed by atoms with van der Waals surface area (Å²) in [7, 11) is 0. The third kappa shape index (κ3) is 5.53. The molecular formula is C12H15F3O2S. The number of thiol groups is 1. The van der Waals surface area contributed by atoms with Gasteiger partial charge in [0.15, 0.2) is 0 Å². The number of alkyl halides is 3. The first kappa shape index (κ1) is 15.0. The second-order valence-electron chi connectivity index (χ2n) is 4.63. The Labute approximate surface area is 109 Å². The molecule has 0 aliphatic rings. The summed E-state index contributed by atoms with van der Waals surface area (Å²) in [6, 6.07) is 5.32. The number of halogens is 3. The number of hydrogen-bond acceptors (Lipinski definition) is 3. The highest BCUT2D eigenvalue weighted by Gasteiger charge is 2.31. The summed E-state index contributed by atoms with van der Waals surface area (Å²) in [4.78, 5) is 0. The largest absolute Gasteiger partial charge is 0.573 e. The van der Waals surface area contributed by atoms with E-state index in [1.807, 2.05) is 13.8 Å². The first-order valence-corrected chi connectivity index (χ1v) is 5.95. The normalized spacial score (nSPS) is 12.3. The Morgan fingerprint density at radius 3 is 2.00 bits per heavy atom. The summed E-state index contributed by atoms with van der Waals surface area (Å²) in [6.45, 7) is 4.41. The van der Waals surface area contributed by atoms with E-state index < -0.39 is 6.36 Å². The minimum absolute atomic E-state index is 0.0930. The molecule has 0 aliphatic heterocycles. The van der Waals surface area contributed by atoms with Gasteiger partial charge in [-0.15, -0.1) is 13.2 Å². The maximum atomic E-state index is 11.9. The molecule has 0 atom stereocenters. The van der Waals surface area contributed by atoms with Crippen molar-refractivity contribution in [1.29, 1.82) is 0 Å². The maximum absolute atomic E-state index is 11.9. The zero-order chi connectivity index (χ0) is 13.8. The molecule has 102 valence electrons. The van der Waals surface area contributed by atoms with Crippen molar-refractivity contribution in [2.45, 2.75) is 20.2 Å². The molecule has 0 amide bonds. The second-order valence-corrected chi connectivity index (χ2v) is 4.95. The topological polar surface area (TPSA) is 18.5 Å². The molecule has 0 spiro atoms. The predicted molar refractivity (Wildman–Crippen MR) is 66.3 cm³/mol. The Morgan fingerprint density at radius 1 is 1.06 bits per heavy atom. The Morgan fingerprint density at radius 2 is 1.56 bits per heavy atom. The predicted octanol–water partition coefficient (Wildman–Crippen LogP) is 3.92. The summed E-state index contributed by atoms with van der Waals surface area (Å²) < 4.78 is 45.0. The SMILES string of the molecule is CC(C)(CS)COc1ccc(OC(F)(F)F)cc1. The van der Waals surface area contributed by atoms with E-state index in [0.717, 1.165) is 0 Å². The van der Waals surface area contributed by atoms with Crippen LogP contribution in [-0.2, 0) is 0 Å². The van der Waals surface area contributed by atoms with Crippen LogP contribution >= 0.6 is 12.6 Å². The van der Waals surface area contributed by atoms with Crippen molar-refractivity contribution in [2.24, 2.45) is 5.41 Å². The van der Waals surface area contributed by atoms with Gasteiger partial charge in [0, 0.05) is 5.41 Å². The zero-order valence-electron chi connectivity index (χ0n) is 10.1. The van der Waals surface area contributed by atoms with Gasteiger partial charge in [0.1, 0.15) is 11.5 Å². The van der Waals surface area contributed by atoms with E-state index in [2.05, 4.69) is 17.4 Å². The Bertz CT molecular complexity index is 374. The molecule has 0 heterocycles. The van der Waals surface area contributed by atoms with Gasteiger partial charge in [0.25, 0.3) is 0 Å². The molecular weight excluding hydrogens is 265 g/mol. The highest BCUT2D eigenvalue weighted by Crippen LogP contribution is 2.26. The summed E-state index contributed by atoms with van der Waals surface area (Å²) in [5.74, 6) is 0.894. The first-order valence-electron chi connectivity index (χ1n) is 5.31. The number of hydrogen-bond donors (Lipinski definition) is 1. The van der Waals surface area contributed by atoms with Crippen molar-refractivity contribution < 1.29 is 22.6 Å². The van der Waals surface area contributed by atoms with Crippen molar-refractivity contribution in [1.82, 2.24) is 0 Å². The highest BCUT2D eigenvalue weighted by molar-refractivity contribution is 7.80. The molecule has 0 N–H and O–H groups in total. The third-order valence-electron chi connectivity index (χ3n) is 2.11. The molecule has 0 saturated carbocycles. The average Bonchev–Trinajstić information content (AvgIpc) is 2.26. The third-order valence-corrected chi connectivity index (χ3v) is 2.97. The molecule has 1 aromatic carbocycles. The van der Waals surface area contributed by atoms with Crippen LogP contribution in [0.5, 0.6) is 11.5 Å². The Kier molecular flexibility index (Phi) is 4.78. The molecule has 6 heteroatoms. The lowest BCUT2D eigenvalue weighted by molar-refractivity contribution is -0.274. The average molecular weight is 280 g/mol. The standard InChI is InChI=1S/C12H15F3O2S/c1-11(2,8-18)7-16-9-3-5-10(6-4-9)17-12(13,14)15/h3-6,18H,7-8H2,1-2H3. The number of benzene rings is 1. The number of ether oxygens (including phenoxy) is 2. The molecule has 1 rings (SSSR count). The molecule has 0 aliphatic carbocycles. The summed E-state index contributed by atoms with van der Waals surface area (Å²) in [5.41, 5.74) is -0.0930. The van der Waals surface area contributed by atoms with E-state index in [1.165, 1.54) is 24.3 Å². The van der Waals surface area contributed by atoms with E-state index >= 15 is 0 Å². The van der Waals surface area contributed by atoms with E-state index in [0.29, 0.717) is 18.1 Å². The van der Waals surface area contributed by atoms with Crippen LogP contribution in [0.25, 0.3) is 0 Å². The van der Waals surface area contributed by atoms with Crippen molar-refractivity contribution in [3.8, 4) is 11.5 Å². The van der Waals surface area contributed by atoms with E-state index in [-0.39, 0.29) is 11.2 Å². The van der Waals surface area contributed by atoms with Crippen molar-refractivity contribution in [2.75, 3.05) is 12.4 Å².